The van der Waals surface area contributed by atoms with Crippen molar-refractivity contribution in [3.63, 3.8) is 0 Å². The molecular formula is C7H4ClF3NO2+. The van der Waals surface area contributed by atoms with Crippen molar-refractivity contribution in [2.75, 3.05) is 0 Å². The zero-order chi connectivity index (χ0) is 10.9. The van der Waals surface area contributed by atoms with Crippen LogP contribution in [0.15, 0.2) is 18.2 Å². The van der Waals surface area contributed by atoms with Gasteiger partial charge in [0, 0.05) is 11.1 Å². The van der Waals surface area contributed by atoms with Crippen LogP contribution in [-0.2, 0) is 6.18 Å². The number of rotatable bonds is 1. The number of benzene rings is 1. The quantitative estimate of drug-likeness (QED) is 0.747. The Morgan fingerprint density at radius 3 is 2.36 bits per heavy atom. The lowest BCUT2D eigenvalue weighted by Gasteiger charge is -2.05. The fraction of sp³-hybridized carbons (Fsp3) is 0.143. The molecule has 1 rings (SSSR count). The maximum absolute atomic E-state index is 12.3. The molecule has 0 saturated carbocycles. The van der Waals surface area contributed by atoms with Gasteiger partial charge in [-0.05, 0) is 12.1 Å². The fourth-order valence-corrected chi connectivity index (χ4v) is 1.07. The van der Waals surface area contributed by atoms with Gasteiger partial charge < -0.3 is 0 Å². The Labute approximate surface area is 81.2 Å². The number of hydrogen-bond acceptors (Lipinski definition) is 1. The van der Waals surface area contributed by atoms with E-state index >= 15 is 0 Å². The minimum atomic E-state index is -4.73. The highest BCUT2D eigenvalue weighted by Crippen LogP contribution is 2.37. The van der Waals surface area contributed by atoms with Crippen molar-refractivity contribution in [3.8, 4) is 0 Å². The first kappa shape index (κ1) is 10.8. The van der Waals surface area contributed by atoms with Crippen LogP contribution >= 0.6 is 11.6 Å². The topological polar surface area (TPSA) is 40.3 Å². The first-order chi connectivity index (χ1) is 6.32. The van der Waals surface area contributed by atoms with Gasteiger partial charge in [-0.2, -0.15) is 13.2 Å². The SMILES string of the molecule is O=[N+](O)c1ccc(Cl)cc1C(F)(F)F. The summed E-state index contributed by atoms with van der Waals surface area (Å²) in [4.78, 5) is 9.51. The van der Waals surface area contributed by atoms with Crippen LogP contribution in [-0.4, -0.2) is 10.1 Å². The first-order valence-electron chi connectivity index (χ1n) is 3.35. The summed E-state index contributed by atoms with van der Waals surface area (Å²) in [7, 11) is 0. The van der Waals surface area contributed by atoms with E-state index in [4.69, 9.17) is 16.8 Å². The van der Waals surface area contributed by atoms with Gasteiger partial charge >= 0.3 is 11.9 Å². The summed E-state index contributed by atoms with van der Waals surface area (Å²) in [5, 5.41) is 8.23. The van der Waals surface area contributed by atoms with Gasteiger partial charge in [-0.25, -0.2) is 5.21 Å². The zero-order valence-corrected chi connectivity index (χ0v) is 7.30. The van der Waals surface area contributed by atoms with Crippen molar-refractivity contribution in [1.82, 2.24) is 0 Å². The Hall–Kier alpha value is -1.30. The first-order valence-corrected chi connectivity index (χ1v) is 3.73. The van der Waals surface area contributed by atoms with E-state index in [9.17, 15) is 18.1 Å². The zero-order valence-electron chi connectivity index (χ0n) is 6.55. The molecule has 0 saturated heterocycles. The highest BCUT2D eigenvalue weighted by Gasteiger charge is 2.39. The Bertz CT molecular complexity index is 378. The molecule has 0 bridgehead atoms. The largest absolute Gasteiger partial charge is 0.423 e. The molecule has 3 nitrogen and oxygen atoms in total. The molecule has 1 aromatic carbocycles. The smallest absolute Gasteiger partial charge is 0.241 e. The van der Waals surface area contributed by atoms with Gasteiger partial charge in [0.2, 0.25) is 0 Å². The lowest BCUT2D eigenvalue weighted by atomic mass is 10.2. The Morgan fingerprint density at radius 1 is 1.36 bits per heavy atom. The Morgan fingerprint density at radius 2 is 1.93 bits per heavy atom. The molecule has 0 fully saturated rings. The normalized spacial score (nSPS) is 11.4. The predicted molar refractivity (Wildman–Crippen MR) is 41.5 cm³/mol. The third kappa shape index (κ3) is 2.14. The van der Waals surface area contributed by atoms with E-state index in [2.05, 4.69) is 0 Å². The van der Waals surface area contributed by atoms with Crippen molar-refractivity contribution in [3.05, 3.63) is 33.7 Å². The summed E-state index contributed by atoms with van der Waals surface area (Å²) in [6, 6.07) is 2.43. The molecule has 0 aliphatic rings. The van der Waals surface area contributed by atoms with E-state index in [0.29, 0.717) is 6.07 Å². The fourth-order valence-electron chi connectivity index (χ4n) is 0.902. The van der Waals surface area contributed by atoms with E-state index in [1.807, 2.05) is 0 Å². The molecule has 0 aromatic heterocycles. The van der Waals surface area contributed by atoms with E-state index in [0.717, 1.165) is 12.1 Å². The Kier molecular flexibility index (Phi) is 2.66. The summed E-state index contributed by atoms with van der Waals surface area (Å²) in [5.74, 6) is 0. The standard InChI is InChI=1S/C7H4ClF3NO2/c8-4-1-2-6(12(13)14)5(3-4)7(9,10)11/h1-3H,(H,13,14)/q+1. The van der Waals surface area contributed by atoms with Crippen molar-refractivity contribution >= 4 is 17.3 Å². The van der Waals surface area contributed by atoms with E-state index in [1.54, 1.807) is 0 Å². The molecule has 0 aliphatic heterocycles. The van der Waals surface area contributed by atoms with Crippen LogP contribution in [0.5, 0.6) is 0 Å². The van der Waals surface area contributed by atoms with Crippen LogP contribution < -0.4 is 0 Å². The molecule has 0 radical (unpaired) electrons. The van der Waals surface area contributed by atoms with E-state index in [1.165, 1.54) is 0 Å². The highest BCUT2D eigenvalue weighted by molar-refractivity contribution is 6.30. The molecule has 0 heterocycles. The monoisotopic (exact) mass is 226 g/mol. The summed E-state index contributed by atoms with van der Waals surface area (Å²) in [6.45, 7) is 0. The van der Waals surface area contributed by atoms with Crippen LogP contribution in [0.4, 0.5) is 18.9 Å². The molecule has 0 amide bonds. The predicted octanol–water partition coefficient (Wildman–Crippen LogP) is 3.16. The van der Waals surface area contributed by atoms with Gasteiger partial charge in [0.25, 0.3) is 4.92 Å². The second-order valence-electron chi connectivity index (χ2n) is 2.43. The average molecular weight is 227 g/mol. The summed E-state index contributed by atoms with van der Waals surface area (Å²) in [6.07, 6.45) is -4.73. The average Bonchev–Trinajstić information content (AvgIpc) is 2.01. The molecule has 0 aliphatic carbocycles. The molecule has 1 aromatic rings. The van der Waals surface area contributed by atoms with E-state index in [-0.39, 0.29) is 5.02 Å². The third-order valence-electron chi connectivity index (χ3n) is 1.47. The summed E-state index contributed by atoms with van der Waals surface area (Å²) >= 11 is 5.33. The minimum absolute atomic E-state index is 0.164. The van der Waals surface area contributed by atoms with Gasteiger partial charge in [-0.15, -0.1) is 0 Å². The number of hydrogen-bond donors (Lipinski definition) is 1. The second-order valence-corrected chi connectivity index (χ2v) is 2.87. The van der Waals surface area contributed by atoms with Gasteiger partial charge in [0.15, 0.2) is 0 Å². The van der Waals surface area contributed by atoms with Crippen molar-refractivity contribution in [1.29, 1.82) is 0 Å². The van der Waals surface area contributed by atoms with Crippen LogP contribution in [0.25, 0.3) is 0 Å². The van der Waals surface area contributed by atoms with Crippen LogP contribution in [0.3, 0.4) is 0 Å². The summed E-state index contributed by atoms with van der Waals surface area (Å²) < 4.78 is 36.8. The van der Waals surface area contributed by atoms with Gasteiger partial charge in [-0.1, -0.05) is 11.6 Å². The number of halogens is 4. The van der Waals surface area contributed by atoms with Crippen molar-refractivity contribution in [2.45, 2.75) is 6.18 Å². The Balaban J connectivity index is 3.38. The van der Waals surface area contributed by atoms with E-state index < -0.39 is 22.4 Å². The summed E-state index contributed by atoms with van der Waals surface area (Å²) in [5.41, 5.74) is -2.16. The number of nitrogens with zero attached hydrogens (tertiary/aromatic N) is 1. The van der Waals surface area contributed by atoms with Crippen LogP contribution in [0.1, 0.15) is 5.56 Å². The second kappa shape index (κ2) is 3.45. The van der Waals surface area contributed by atoms with Gasteiger partial charge in [0.1, 0.15) is 5.56 Å². The van der Waals surface area contributed by atoms with Gasteiger partial charge in [0.05, 0.1) is 4.91 Å². The molecule has 7 heteroatoms. The minimum Gasteiger partial charge on any atom is -0.241 e. The lowest BCUT2D eigenvalue weighted by molar-refractivity contribution is -0.730. The van der Waals surface area contributed by atoms with Gasteiger partial charge in [-0.3, -0.25) is 0 Å². The van der Waals surface area contributed by atoms with Crippen LogP contribution in [0, 0.1) is 4.91 Å². The lowest BCUT2D eigenvalue weighted by Crippen LogP contribution is -2.09. The molecule has 0 unspecified atom stereocenters. The molecule has 0 spiro atoms. The van der Waals surface area contributed by atoms with Crippen LogP contribution in [0.2, 0.25) is 5.02 Å². The maximum Gasteiger partial charge on any atom is 0.423 e. The maximum atomic E-state index is 12.3. The van der Waals surface area contributed by atoms with Crippen molar-refractivity contribution < 1.29 is 23.3 Å². The number of alkyl halides is 3. The van der Waals surface area contributed by atoms with Crippen molar-refractivity contribution in [2.24, 2.45) is 0 Å². The molecular weight excluding hydrogens is 223 g/mol. The molecule has 1 N–H and O–H groups in total. The highest BCUT2D eigenvalue weighted by atomic mass is 35.5. The molecule has 14 heavy (non-hydrogen) atoms. The third-order valence-corrected chi connectivity index (χ3v) is 1.71. The molecule has 0 atom stereocenters. The molecule has 76 valence electrons.